The highest BCUT2D eigenvalue weighted by Crippen LogP contribution is 2.34. The SMILES string of the molecule is COc1c(C(=O)N2CCOc3ccc(-c4ccc5[nH]c(C)nc5c4)cc3C2)ccc2ccccc12. The van der Waals surface area contributed by atoms with Gasteiger partial charge in [-0.2, -0.15) is 0 Å². The summed E-state index contributed by atoms with van der Waals surface area (Å²) in [7, 11) is 1.61. The van der Waals surface area contributed by atoms with Crippen LogP contribution in [-0.4, -0.2) is 41.0 Å². The number of carbonyl (C=O) groups excluding carboxylic acids is 1. The summed E-state index contributed by atoms with van der Waals surface area (Å²) in [6.07, 6.45) is 0. The number of nitrogens with zero attached hydrogens (tertiary/aromatic N) is 2. The number of nitrogens with one attached hydrogen (secondary N) is 1. The number of methoxy groups -OCH3 is 1. The smallest absolute Gasteiger partial charge is 0.258 e. The minimum atomic E-state index is -0.0668. The first-order chi connectivity index (χ1) is 17.1. The molecule has 0 spiro atoms. The largest absolute Gasteiger partial charge is 0.495 e. The second-order valence-electron chi connectivity index (χ2n) is 8.82. The molecular weight excluding hydrogens is 438 g/mol. The summed E-state index contributed by atoms with van der Waals surface area (Å²) in [6.45, 7) is 3.35. The summed E-state index contributed by atoms with van der Waals surface area (Å²) < 4.78 is 11.7. The number of H-pyrrole nitrogens is 1. The molecule has 0 radical (unpaired) electrons. The van der Waals surface area contributed by atoms with Crippen LogP contribution in [0, 0.1) is 6.92 Å². The Morgan fingerprint density at radius 3 is 2.74 bits per heavy atom. The van der Waals surface area contributed by atoms with E-state index in [2.05, 4.69) is 40.3 Å². The van der Waals surface area contributed by atoms with Crippen molar-refractivity contribution in [3.8, 4) is 22.6 Å². The molecule has 0 saturated heterocycles. The lowest BCUT2D eigenvalue weighted by molar-refractivity contribution is 0.0730. The van der Waals surface area contributed by atoms with Crippen molar-refractivity contribution in [1.82, 2.24) is 14.9 Å². The number of amides is 1. The van der Waals surface area contributed by atoms with E-state index in [1.165, 1.54) is 0 Å². The van der Waals surface area contributed by atoms with E-state index in [1.807, 2.05) is 54.3 Å². The van der Waals surface area contributed by atoms with Crippen molar-refractivity contribution < 1.29 is 14.3 Å². The lowest BCUT2D eigenvalue weighted by atomic mass is 10.0. The number of aryl methyl sites for hydroxylation is 1. The van der Waals surface area contributed by atoms with Gasteiger partial charge in [-0.1, -0.05) is 42.5 Å². The number of hydrogen-bond donors (Lipinski definition) is 1. The Morgan fingerprint density at radius 1 is 1.03 bits per heavy atom. The van der Waals surface area contributed by atoms with Gasteiger partial charge in [-0.25, -0.2) is 4.98 Å². The van der Waals surface area contributed by atoms with Gasteiger partial charge < -0.3 is 19.4 Å². The van der Waals surface area contributed by atoms with Crippen molar-refractivity contribution in [1.29, 1.82) is 0 Å². The Hall–Kier alpha value is -4.32. The number of ether oxygens (including phenoxy) is 2. The monoisotopic (exact) mass is 463 g/mol. The van der Waals surface area contributed by atoms with Crippen molar-refractivity contribution in [2.45, 2.75) is 13.5 Å². The molecule has 0 aliphatic carbocycles. The fraction of sp³-hybridized carbons (Fsp3) is 0.172. The van der Waals surface area contributed by atoms with Gasteiger partial charge in [0.1, 0.15) is 23.9 Å². The molecule has 1 N–H and O–H groups in total. The molecule has 1 aromatic heterocycles. The van der Waals surface area contributed by atoms with E-state index in [9.17, 15) is 4.79 Å². The van der Waals surface area contributed by atoms with Crippen LogP contribution in [0.15, 0.2) is 72.8 Å². The van der Waals surface area contributed by atoms with Gasteiger partial charge in [-0.05, 0) is 53.8 Å². The van der Waals surface area contributed by atoms with Crippen molar-refractivity contribution >= 4 is 27.7 Å². The van der Waals surface area contributed by atoms with Gasteiger partial charge in [0.2, 0.25) is 0 Å². The molecule has 0 fully saturated rings. The molecule has 6 heteroatoms. The van der Waals surface area contributed by atoms with Crippen molar-refractivity contribution in [3.63, 3.8) is 0 Å². The molecule has 4 aromatic carbocycles. The molecule has 0 bridgehead atoms. The second-order valence-corrected chi connectivity index (χ2v) is 8.82. The van der Waals surface area contributed by atoms with E-state index < -0.39 is 0 Å². The summed E-state index contributed by atoms with van der Waals surface area (Å²) >= 11 is 0. The van der Waals surface area contributed by atoms with Crippen molar-refractivity contribution in [3.05, 3.63) is 89.7 Å². The predicted octanol–water partition coefficient (Wildman–Crippen LogP) is 5.73. The molecule has 2 heterocycles. The van der Waals surface area contributed by atoms with Crippen LogP contribution in [0.5, 0.6) is 11.5 Å². The molecule has 1 aliphatic heterocycles. The molecule has 0 saturated carbocycles. The highest BCUT2D eigenvalue weighted by atomic mass is 16.5. The van der Waals surface area contributed by atoms with Crippen molar-refractivity contribution in [2.24, 2.45) is 0 Å². The van der Waals surface area contributed by atoms with Crippen LogP contribution in [0.4, 0.5) is 0 Å². The number of hydrogen-bond acceptors (Lipinski definition) is 4. The molecule has 1 aliphatic rings. The molecule has 174 valence electrons. The Balaban J connectivity index is 1.34. The maximum absolute atomic E-state index is 13.7. The van der Waals surface area contributed by atoms with Gasteiger partial charge >= 0.3 is 0 Å². The Bertz CT molecular complexity index is 1590. The zero-order valence-electron chi connectivity index (χ0n) is 19.7. The summed E-state index contributed by atoms with van der Waals surface area (Å²) in [6, 6.07) is 24.1. The third-order valence-corrected chi connectivity index (χ3v) is 6.58. The normalized spacial score (nSPS) is 13.4. The standard InChI is InChI=1S/C29H25N3O3/c1-18-30-25-11-8-21(16-26(25)31-18)20-9-12-27-22(15-20)17-32(13-14-35-27)29(33)24-10-7-19-5-3-4-6-23(19)28(24)34-2/h3-12,15-16H,13-14,17H2,1-2H3,(H,30,31). The fourth-order valence-corrected chi connectivity index (χ4v) is 4.86. The number of benzene rings is 4. The van der Waals surface area contributed by atoms with Crippen LogP contribution in [0.2, 0.25) is 0 Å². The van der Waals surface area contributed by atoms with E-state index in [-0.39, 0.29) is 5.91 Å². The highest BCUT2D eigenvalue weighted by molar-refractivity contribution is 6.04. The van der Waals surface area contributed by atoms with Crippen LogP contribution >= 0.6 is 0 Å². The lowest BCUT2D eigenvalue weighted by Crippen LogP contribution is -2.32. The van der Waals surface area contributed by atoms with Gasteiger partial charge in [0.15, 0.2) is 0 Å². The summed E-state index contributed by atoms with van der Waals surface area (Å²) in [5.74, 6) is 2.25. The maximum Gasteiger partial charge on any atom is 0.258 e. The van der Waals surface area contributed by atoms with E-state index >= 15 is 0 Å². The van der Waals surface area contributed by atoms with Gasteiger partial charge in [0.25, 0.3) is 5.91 Å². The third kappa shape index (κ3) is 3.77. The maximum atomic E-state index is 13.7. The molecule has 1 amide bonds. The number of aromatic nitrogens is 2. The van der Waals surface area contributed by atoms with E-state index in [1.54, 1.807) is 7.11 Å². The van der Waals surface area contributed by atoms with Crippen LogP contribution in [0.3, 0.4) is 0 Å². The van der Waals surface area contributed by atoms with E-state index in [0.717, 1.165) is 50.1 Å². The fourth-order valence-electron chi connectivity index (χ4n) is 4.86. The number of fused-ring (bicyclic) bond motifs is 3. The minimum absolute atomic E-state index is 0.0668. The van der Waals surface area contributed by atoms with Crippen LogP contribution in [0.25, 0.3) is 32.9 Å². The highest BCUT2D eigenvalue weighted by Gasteiger charge is 2.25. The van der Waals surface area contributed by atoms with Crippen molar-refractivity contribution in [2.75, 3.05) is 20.3 Å². The van der Waals surface area contributed by atoms with Gasteiger partial charge in [-0.15, -0.1) is 0 Å². The molecule has 0 unspecified atom stereocenters. The van der Waals surface area contributed by atoms with Crippen LogP contribution in [0.1, 0.15) is 21.7 Å². The van der Waals surface area contributed by atoms with Gasteiger partial charge in [0, 0.05) is 17.5 Å². The first-order valence-corrected chi connectivity index (χ1v) is 11.7. The number of carbonyl (C=O) groups is 1. The zero-order chi connectivity index (χ0) is 23.9. The molecule has 6 rings (SSSR count). The average molecular weight is 464 g/mol. The first kappa shape index (κ1) is 21.2. The van der Waals surface area contributed by atoms with E-state index in [0.29, 0.717) is 31.0 Å². The molecular formula is C29H25N3O3. The summed E-state index contributed by atoms with van der Waals surface area (Å²) in [5, 5.41) is 1.97. The third-order valence-electron chi connectivity index (χ3n) is 6.58. The van der Waals surface area contributed by atoms with Crippen LogP contribution in [-0.2, 0) is 6.54 Å². The minimum Gasteiger partial charge on any atom is -0.495 e. The number of rotatable bonds is 3. The Labute approximate surface area is 203 Å². The van der Waals surface area contributed by atoms with Gasteiger partial charge in [-0.3, -0.25) is 4.79 Å². The number of imidazole rings is 1. The zero-order valence-corrected chi connectivity index (χ0v) is 19.7. The Kier molecular flexibility index (Phi) is 5.14. The molecule has 0 atom stereocenters. The summed E-state index contributed by atoms with van der Waals surface area (Å²) in [5.41, 5.74) is 5.63. The average Bonchev–Trinajstić information content (AvgIpc) is 3.12. The molecule has 6 nitrogen and oxygen atoms in total. The quantitative estimate of drug-likeness (QED) is 0.371. The lowest BCUT2D eigenvalue weighted by Gasteiger charge is -2.22. The summed E-state index contributed by atoms with van der Waals surface area (Å²) in [4.78, 5) is 23.3. The topological polar surface area (TPSA) is 67.4 Å². The van der Waals surface area contributed by atoms with Gasteiger partial charge in [0.05, 0.1) is 30.3 Å². The predicted molar refractivity (Wildman–Crippen MR) is 137 cm³/mol. The Morgan fingerprint density at radius 2 is 1.86 bits per heavy atom. The first-order valence-electron chi connectivity index (χ1n) is 11.7. The molecule has 5 aromatic rings. The van der Waals surface area contributed by atoms with E-state index in [4.69, 9.17) is 9.47 Å². The molecule has 35 heavy (non-hydrogen) atoms. The second kappa shape index (κ2) is 8.47. The number of aromatic amines is 1. The van der Waals surface area contributed by atoms with Crippen LogP contribution < -0.4 is 9.47 Å².